The molecule has 17 heavy (non-hydrogen) atoms. The Morgan fingerprint density at radius 1 is 1.59 bits per heavy atom. The van der Waals surface area contributed by atoms with Crippen LogP contribution in [-0.2, 0) is 5.88 Å². The second-order valence-electron chi connectivity index (χ2n) is 4.76. The van der Waals surface area contributed by atoms with E-state index < -0.39 is 0 Å². The largest absolute Gasteiger partial charge is 0.355 e. The molecule has 0 aromatic carbocycles. The van der Waals surface area contributed by atoms with Gasteiger partial charge in [-0.1, -0.05) is 6.92 Å². The van der Waals surface area contributed by atoms with Crippen LogP contribution in [0.1, 0.15) is 25.5 Å². The Labute approximate surface area is 110 Å². The van der Waals surface area contributed by atoms with Crippen molar-refractivity contribution in [3.8, 4) is 0 Å². The maximum Gasteiger partial charge on any atom is 0.195 e. The van der Waals surface area contributed by atoms with Crippen molar-refractivity contribution in [1.82, 2.24) is 9.38 Å². The van der Waals surface area contributed by atoms with Crippen molar-refractivity contribution in [2.75, 3.05) is 18.0 Å². The van der Waals surface area contributed by atoms with Gasteiger partial charge in [0.2, 0.25) is 0 Å². The molecule has 0 radical (unpaired) electrons. The van der Waals surface area contributed by atoms with E-state index in [0.29, 0.717) is 5.88 Å². The van der Waals surface area contributed by atoms with Gasteiger partial charge in [-0.15, -0.1) is 22.9 Å². The molecule has 3 nitrogen and oxygen atoms in total. The van der Waals surface area contributed by atoms with Gasteiger partial charge in [-0.2, -0.15) is 0 Å². The van der Waals surface area contributed by atoms with Gasteiger partial charge in [0, 0.05) is 24.7 Å². The fourth-order valence-corrected chi connectivity index (χ4v) is 3.56. The van der Waals surface area contributed by atoms with Gasteiger partial charge >= 0.3 is 0 Å². The summed E-state index contributed by atoms with van der Waals surface area (Å²) in [7, 11) is 0. The molecule has 3 heterocycles. The molecule has 0 saturated carbocycles. The summed E-state index contributed by atoms with van der Waals surface area (Å²) in [5, 5.41) is 2.06. The van der Waals surface area contributed by atoms with E-state index in [2.05, 4.69) is 27.8 Å². The van der Waals surface area contributed by atoms with E-state index in [-0.39, 0.29) is 0 Å². The number of fused-ring (bicyclic) bond motifs is 1. The highest BCUT2D eigenvalue weighted by molar-refractivity contribution is 7.15. The Balaban J connectivity index is 2.00. The van der Waals surface area contributed by atoms with Gasteiger partial charge in [-0.3, -0.25) is 4.40 Å². The summed E-state index contributed by atoms with van der Waals surface area (Å²) >= 11 is 7.75. The zero-order chi connectivity index (χ0) is 11.8. The van der Waals surface area contributed by atoms with E-state index in [1.807, 2.05) is 0 Å². The van der Waals surface area contributed by atoms with Crippen LogP contribution in [0.2, 0.25) is 0 Å². The molecule has 1 fully saturated rings. The van der Waals surface area contributed by atoms with E-state index >= 15 is 0 Å². The number of alkyl halides is 1. The zero-order valence-electron chi connectivity index (χ0n) is 9.90. The summed E-state index contributed by atoms with van der Waals surface area (Å²) in [6.45, 7) is 4.53. The number of nitrogens with zero attached hydrogens (tertiary/aromatic N) is 3. The summed E-state index contributed by atoms with van der Waals surface area (Å²) in [6.07, 6.45) is 4.64. The molecule has 0 N–H and O–H groups in total. The van der Waals surface area contributed by atoms with Crippen LogP contribution in [0.25, 0.3) is 4.96 Å². The first-order valence-corrected chi connectivity index (χ1v) is 7.46. The van der Waals surface area contributed by atoms with E-state index in [0.717, 1.165) is 35.5 Å². The van der Waals surface area contributed by atoms with E-state index in [9.17, 15) is 0 Å². The van der Waals surface area contributed by atoms with Crippen molar-refractivity contribution < 1.29 is 0 Å². The van der Waals surface area contributed by atoms with Gasteiger partial charge in [0.15, 0.2) is 10.8 Å². The number of aromatic nitrogens is 2. The number of hydrogen-bond donors (Lipinski definition) is 0. The van der Waals surface area contributed by atoms with Crippen molar-refractivity contribution >= 4 is 33.7 Å². The van der Waals surface area contributed by atoms with Crippen LogP contribution >= 0.6 is 22.9 Å². The van der Waals surface area contributed by atoms with Gasteiger partial charge < -0.3 is 4.90 Å². The van der Waals surface area contributed by atoms with Crippen LogP contribution in [0.3, 0.4) is 0 Å². The van der Waals surface area contributed by atoms with Crippen LogP contribution in [0.5, 0.6) is 0 Å². The molecule has 92 valence electrons. The van der Waals surface area contributed by atoms with Gasteiger partial charge in [-0.25, -0.2) is 4.98 Å². The van der Waals surface area contributed by atoms with Crippen molar-refractivity contribution in [2.24, 2.45) is 5.92 Å². The standard InChI is InChI=1S/C12H16ClN3S/c1-9-3-2-4-15(8-9)11-10(7-13)16-5-6-17-12(16)14-11/h5-6,9H,2-4,7-8H2,1H3. The minimum absolute atomic E-state index is 0.526. The van der Waals surface area contributed by atoms with E-state index in [4.69, 9.17) is 16.6 Å². The number of rotatable bonds is 2. The highest BCUT2D eigenvalue weighted by Gasteiger charge is 2.22. The average Bonchev–Trinajstić information content (AvgIpc) is 2.88. The monoisotopic (exact) mass is 269 g/mol. The first-order chi connectivity index (χ1) is 8.29. The normalized spacial score (nSPS) is 21.3. The highest BCUT2D eigenvalue weighted by Crippen LogP contribution is 2.29. The second kappa shape index (κ2) is 4.50. The predicted octanol–water partition coefficient (Wildman–Crippen LogP) is 3.37. The Hall–Kier alpha value is -0.740. The lowest BCUT2D eigenvalue weighted by Gasteiger charge is -2.31. The van der Waals surface area contributed by atoms with Crippen LogP contribution in [0, 0.1) is 5.92 Å². The Kier molecular flexibility index (Phi) is 3.01. The summed E-state index contributed by atoms with van der Waals surface area (Å²) in [4.78, 5) is 8.17. The molecule has 1 atom stereocenters. The number of piperidine rings is 1. The van der Waals surface area contributed by atoms with Crippen LogP contribution in [0.15, 0.2) is 11.6 Å². The van der Waals surface area contributed by atoms with Crippen LogP contribution < -0.4 is 4.90 Å². The maximum atomic E-state index is 6.08. The van der Waals surface area contributed by atoms with Crippen molar-refractivity contribution in [3.05, 3.63) is 17.3 Å². The lowest BCUT2D eigenvalue weighted by Crippen LogP contribution is -2.35. The Bertz CT molecular complexity index is 519. The first-order valence-electron chi connectivity index (χ1n) is 6.05. The Morgan fingerprint density at radius 3 is 3.24 bits per heavy atom. The number of anilines is 1. The quantitative estimate of drug-likeness (QED) is 0.779. The SMILES string of the molecule is CC1CCCN(c2nc3sccn3c2CCl)C1. The molecule has 5 heteroatoms. The minimum atomic E-state index is 0.526. The number of thiazole rings is 1. The molecule has 0 amide bonds. The maximum absolute atomic E-state index is 6.08. The summed E-state index contributed by atoms with van der Waals surface area (Å²) in [6, 6.07) is 0. The lowest BCUT2D eigenvalue weighted by atomic mass is 10.0. The van der Waals surface area contributed by atoms with Gasteiger partial charge in [0.05, 0.1) is 11.6 Å². The number of imidazole rings is 1. The molecule has 0 spiro atoms. The third-order valence-electron chi connectivity index (χ3n) is 3.42. The van der Waals surface area contributed by atoms with Gasteiger partial charge in [0.25, 0.3) is 0 Å². The molecule has 2 aromatic rings. The van der Waals surface area contributed by atoms with Gasteiger partial charge in [0.1, 0.15) is 0 Å². The molecular formula is C12H16ClN3S. The summed E-state index contributed by atoms with van der Waals surface area (Å²) in [5.41, 5.74) is 1.14. The first kappa shape index (κ1) is 11.4. The summed E-state index contributed by atoms with van der Waals surface area (Å²) in [5.74, 6) is 2.38. The fourth-order valence-electron chi connectivity index (χ4n) is 2.58. The summed E-state index contributed by atoms with van der Waals surface area (Å²) < 4.78 is 2.12. The smallest absolute Gasteiger partial charge is 0.195 e. The topological polar surface area (TPSA) is 20.5 Å². The van der Waals surface area contributed by atoms with Crippen LogP contribution in [-0.4, -0.2) is 22.5 Å². The second-order valence-corrected chi connectivity index (χ2v) is 5.91. The lowest BCUT2D eigenvalue weighted by molar-refractivity contribution is 0.444. The molecule has 0 bridgehead atoms. The van der Waals surface area contributed by atoms with Crippen molar-refractivity contribution in [1.29, 1.82) is 0 Å². The van der Waals surface area contributed by atoms with E-state index in [1.165, 1.54) is 12.8 Å². The Morgan fingerprint density at radius 2 is 2.47 bits per heavy atom. The van der Waals surface area contributed by atoms with Crippen molar-refractivity contribution in [3.63, 3.8) is 0 Å². The molecular weight excluding hydrogens is 254 g/mol. The third kappa shape index (κ3) is 1.93. The highest BCUT2D eigenvalue weighted by atomic mass is 35.5. The molecule has 3 rings (SSSR count). The molecule has 1 saturated heterocycles. The molecule has 2 aromatic heterocycles. The minimum Gasteiger partial charge on any atom is -0.355 e. The zero-order valence-corrected chi connectivity index (χ0v) is 11.5. The van der Waals surface area contributed by atoms with Crippen molar-refractivity contribution in [2.45, 2.75) is 25.6 Å². The fraction of sp³-hybridized carbons (Fsp3) is 0.583. The molecule has 1 aliphatic heterocycles. The van der Waals surface area contributed by atoms with Gasteiger partial charge in [-0.05, 0) is 18.8 Å². The molecule has 1 unspecified atom stereocenters. The van der Waals surface area contributed by atoms with Crippen LogP contribution in [0.4, 0.5) is 5.82 Å². The number of hydrogen-bond acceptors (Lipinski definition) is 3. The predicted molar refractivity (Wildman–Crippen MR) is 73.2 cm³/mol. The van der Waals surface area contributed by atoms with E-state index in [1.54, 1.807) is 11.3 Å². The molecule has 1 aliphatic rings. The average molecular weight is 270 g/mol. The third-order valence-corrected chi connectivity index (χ3v) is 4.43. The molecule has 0 aliphatic carbocycles. The number of halogens is 1.